The van der Waals surface area contributed by atoms with Crippen molar-refractivity contribution >= 4 is 5.69 Å². The summed E-state index contributed by atoms with van der Waals surface area (Å²) in [5.41, 5.74) is 3.05. The van der Waals surface area contributed by atoms with Crippen molar-refractivity contribution in [2.75, 3.05) is 37.6 Å². The Hall–Kier alpha value is -3.10. The topological polar surface area (TPSA) is 27.7 Å². The summed E-state index contributed by atoms with van der Waals surface area (Å²) in [4.78, 5) is 3.60. The highest BCUT2D eigenvalue weighted by Crippen LogP contribution is 2.46. The second-order valence-corrected chi connectivity index (χ2v) is 13.0. The van der Waals surface area contributed by atoms with Gasteiger partial charge in [-0.05, 0) is 93.1 Å². The maximum absolute atomic E-state index is 16.1. The first-order valence-corrected chi connectivity index (χ1v) is 15.5. The van der Waals surface area contributed by atoms with Crippen LogP contribution < -0.4 is 15.0 Å². The lowest BCUT2D eigenvalue weighted by Gasteiger charge is -2.53. The Kier molecular flexibility index (Phi) is 8.44. The molecule has 8 heteroatoms. The number of halogens is 4. The fourth-order valence-electron chi connectivity index (χ4n) is 7.32. The van der Waals surface area contributed by atoms with Crippen LogP contribution in [0.2, 0.25) is 0 Å². The predicted molar refractivity (Wildman–Crippen MR) is 162 cm³/mol. The van der Waals surface area contributed by atoms with Crippen molar-refractivity contribution in [3.05, 3.63) is 94.6 Å². The van der Waals surface area contributed by atoms with Crippen LogP contribution in [0.15, 0.2) is 60.7 Å². The summed E-state index contributed by atoms with van der Waals surface area (Å²) in [6.45, 7) is 6.06. The minimum Gasteiger partial charge on any atom is -0.489 e. The minimum atomic E-state index is -3.03. The molecule has 3 aliphatic rings. The van der Waals surface area contributed by atoms with Gasteiger partial charge in [0.2, 0.25) is 0 Å². The van der Waals surface area contributed by atoms with Gasteiger partial charge in [-0.1, -0.05) is 36.4 Å². The molecule has 6 rings (SSSR count). The van der Waals surface area contributed by atoms with Crippen molar-refractivity contribution < 1.29 is 22.3 Å². The number of ether oxygens (including phenoxy) is 1. The van der Waals surface area contributed by atoms with Gasteiger partial charge >= 0.3 is 0 Å². The average molecular weight is 596 g/mol. The van der Waals surface area contributed by atoms with Crippen molar-refractivity contribution in [1.82, 2.24) is 10.2 Å². The molecular weight excluding hydrogens is 554 g/mol. The van der Waals surface area contributed by atoms with Crippen molar-refractivity contribution in [2.45, 2.75) is 70.6 Å². The molecule has 0 aromatic heterocycles. The molecule has 0 amide bonds. The van der Waals surface area contributed by atoms with Gasteiger partial charge in [0.15, 0.2) is 0 Å². The number of nitrogens with zero attached hydrogens (tertiary/aromatic N) is 2. The second kappa shape index (κ2) is 12.1. The number of hydrogen-bond acceptors (Lipinski definition) is 4. The van der Waals surface area contributed by atoms with Crippen molar-refractivity contribution in [3.63, 3.8) is 0 Å². The lowest BCUT2D eigenvalue weighted by Crippen LogP contribution is -2.57. The normalized spacial score (nSPS) is 22.4. The first kappa shape index (κ1) is 29.9. The third kappa shape index (κ3) is 6.55. The fourth-order valence-corrected chi connectivity index (χ4v) is 7.32. The van der Waals surface area contributed by atoms with Gasteiger partial charge in [-0.2, -0.15) is 0 Å². The third-order valence-electron chi connectivity index (χ3n) is 9.41. The molecule has 0 saturated carbocycles. The van der Waals surface area contributed by atoms with Gasteiger partial charge in [-0.15, -0.1) is 0 Å². The number of nitrogens with one attached hydrogen (secondary N) is 1. The quantitative estimate of drug-likeness (QED) is 0.286. The van der Waals surface area contributed by atoms with E-state index >= 15 is 8.78 Å². The van der Waals surface area contributed by atoms with Crippen LogP contribution in [0.3, 0.4) is 0 Å². The Morgan fingerprint density at radius 3 is 2.28 bits per heavy atom. The maximum atomic E-state index is 16.1. The molecule has 2 atom stereocenters. The van der Waals surface area contributed by atoms with Crippen LogP contribution in [0.4, 0.5) is 23.2 Å². The van der Waals surface area contributed by atoms with Gasteiger partial charge in [0.05, 0.1) is 12.6 Å². The van der Waals surface area contributed by atoms with E-state index in [0.29, 0.717) is 30.0 Å². The van der Waals surface area contributed by atoms with Gasteiger partial charge in [0.1, 0.15) is 24.0 Å². The van der Waals surface area contributed by atoms with E-state index in [1.165, 1.54) is 12.1 Å². The first-order chi connectivity index (χ1) is 20.6. The van der Waals surface area contributed by atoms with Gasteiger partial charge < -0.3 is 15.0 Å². The molecule has 1 spiro atoms. The lowest BCUT2D eigenvalue weighted by molar-refractivity contribution is -0.0371. The molecule has 4 nitrogen and oxygen atoms in total. The number of rotatable bonds is 7. The second-order valence-electron chi connectivity index (χ2n) is 13.0. The molecule has 2 fully saturated rings. The largest absolute Gasteiger partial charge is 0.489 e. The van der Waals surface area contributed by atoms with E-state index in [9.17, 15) is 8.78 Å². The summed E-state index contributed by atoms with van der Waals surface area (Å²) < 4.78 is 67.1. The van der Waals surface area contributed by atoms with Crippen LogP contribution in [-0.2, 0) is 13.0 Å². The Balaban J connectivity index is 1.29. The number of anilines is 1. The van der Waals surface area contributed by atoms with Gasteiger partial charge in [0.25, 0.3) is 5.92 Å². The standard InChI is InChI=1S/C35H41F4N3O/c1-24-16-26-17-28(43-20-25-8-4-3-5-9-25)10-11-29(26)33(42(24)21-34(2,38)39)32-30(36)18-27(19-31(32)37)41-22-35(23-41)12-6-14-40-15-7-13-35/h3-5,8-11,17-19,24,33,40H,6-7,12-16,20-23H2,1-2H3/t24-,33?/m1/s1. The molecule has 2 saturated heterocycles. The Labute approximate surface area is 252 Å². The Bertz CT molecular complexity index is 1390. The first-order valence-electron chi connectivity index (χ1n) is 15.5. The van der Waals surface area contributed by atoms with Crippen LogP contribution in [-0.4, -0.2) is 49.6 Å². The van der Waals surface area contributed by atoms with Crippen LogP contribution in [0.25, 0.3) is 0 Å². The van der Waals surface area contributed by atoms with Crippen LogP contribution in [0, 0.1) is 17.0 Å². The molecule has 3 aromatic carbocycles. The lowest BCUT2D eigenvalue weighted by atomic mass is 9.71. The summed E-state index contributed by atoms with van der Waals surface area (Å²) in [5.74, 6) is -3.79. The van der Waals surface area contributed by atoms with E-state index in [1.54, 1.807) is 17.0 Å². The molecule has 0 aliphatic carbocycles. The molecule has 43 heavy (non-hydrogen) atoms. The molecule has 3 aromatic rings. The van der Waals surface area contributed by atoms with Gasteiger partial charge in [0, 0.05) is 42.7 Å². The smallest absolute Gasteiger partial charge is 0.257 e. The molecule has 1 unspecified atom stereocenters. The van der Waals surface area contributed by atoms with Gasteiger partial charge in [-0.3, -0.25) is 4.90 Å². The number of fused-ring (bicyclic) bond motifs is 1. The summed E-state index contributed by atoms with van der Waals surface area (Å²) in [6.07, 6.45) is 4.88. The number of hydrogen-bond donors (Lipinski definition) is 1. The molecule has 3 aliphatic heterocycles. The van der Waals surface area contributed by atoms with Crippen LogP contribution in [0.1, 0.15) is 67.8 Å². The molecular formula is C35H41F4N3O. The Morgan fingerprint density at radius 2 is 1.63 bits per heavy atom. The monoisotopic (exact) mass is 595 g/mol. The molecule has 3 heterocycles. The fraction of sp³-hybridized carbons (Fsp3) is 0.486. The minimum absolute atomic E-state index is 0.175. The number of alkyl halides is 2. The molecule has 230 valence electrons. The van der Waals surface area contributed by atoms with Crippen LogP contribution in [0.5, 0.6) is 5.75 Å². The Morgan fingerprint density at radius 1 is 0.953 bits per heavy atom. The van der Waals surface area contributed by atoms with E-state index in [4.69, 9.17) is 4.74 Å². The summed E-state index contributed by atoms with van der Waals surface area (Å²) in [7, 11) is 0. The predicted octanol–water partition coefficient (Wildman–Crippen LogP) is 7.51. The summed E-state index contributed by atoms with van der Waals surface area (Å²) in [6, 6.07) is 16.7. The highest BCUT2D eigenvalue weighted by atomic mass is 19.3. The summed E-state index contributed by atoms with van der Waals surface area (Å²) >= 11 is 0. The van der Waals surface area contributed by atoms with Crippen molar-refractivity contribution in [2.24, 2.45) is 5.41 Å². The summed E-state index contributed by atoms with van der Waals surface area (Å²) in [5, 5.41) is 3.44. The zero-order valence-electron chi connectivity index (χ0n) is 25.0. The number of benzene rings is 3. The highest BCUT2D eigenvalue weighted by molar-refractivity contribution is 5.54. The molecule has 0 radical (unpaired) electrons. The third-order valence-corrected chi connectivity index (χ3v) is 9.41. The van der Waals surface area contributed by atoms with Gasteiger partial charge in [-0.25, -0.2) is 17.6 Å². The van der Waals surface area contributed by atoms with Crippen molar-refractivity contribution in [1.29, 1.82) is 0 Å². The van der Waals surface area contributed by atoms with Crippen molar-refractivity contribution in [3.8, 4) is 5.75 Å². The maximum Gasteiger partial charge on any atom is 0.257 e. The highest BCUT2D eigenvalue weighted by Gasteiger charge is 2.44. The zero-order chi connectivity index (χ0) is 30.2. The van der Waals surface area contributed by atoms with E-state index < -0.39 is 30.1 Å². The average Bonchev–Trinajstić information content (AvgIpc) is 2.92. The van der Waals surface area contributed by atoms with E-state index in [0.717, 1.165) is 69.9 Å². The zero-order valence-corrected chi connectivity index (χ0v) is 25.0. The van der Waals surface area contributed by atoms with E-state index in [1.807, 2.05) is 43.3 Å². The van der Waals surface area contributed by atoms with E-state index in [2.05, 4.69) is 10.2 Å². The van der Waals surface area contributed by atoms with E-state index in [-0.39, 0.29) is 17.0 Å². The molecule has 1 N–H and O–H groups in total. The molecule has 0 bridgehead atoms. The van der Waals surface area contributed by atoms with Crippen LogP contribution >= 0.6 is 0 Å². The SMILES string of the molecule is C[C@@H]1Cc2cc(OCc3ccccc3)ccc2C(c2c(F)cc(N3CC4(CCCNCCC4)C3)cc2F)N1CC(C)(F)F.